The van der Waals surface area contributed by atoms with Crippen molar-refractivity contribution in [3.05, 3.63) is 29.8 Å². The summed E-state index contributed by atoms with van der Waals surface area (Å²) in [6.45, 7) is 3.10. The molecular weight excluding hydrogens is 236 g/mol. The lowest BCUT2D eigenvalue weighted by Gasteiger charge is -2.22. The summed E-state index contributed by atoms with van der Waals surface area (Å²) in [6, 6.07) is 8.13. The van der Waals surface area contributed by atoms with Crippen LogP contribution in [0.2, 0.25) is 0 Å². The van der Waals surface area contributed by atoms with Crippen molar-refractivity contribution in [2.24, 2.45) is 0 Å². The first-order chi connectivity index (χ1) is 9.29. The number of anilines is 1. The molecule has 1 aliphatic rings. The van der Waals surface area contributed by atoms with Gasteiger partial charge in [-0.05, 0) is 43.5 Å². The highest BCUT2D eigenvalue weighted by molar-refractivity contribution is 5.94. The summed E-state index contributed by atoms with van der Waals surface area (Å²) >= 11 is 0. The maximum absolute atomic E-state index is 12.1. The Kier molecular flexibility index (Phi) is 5.25. The molecule has 0 heterocycles. The fraction of sp³-hybridized carbons (Fsp3) is 0.562. The molecule has 0 saturated heterocycles. The molecule has 3 nitrogen and oxygen atoms in total. The molecule has 0 aromatic heterocycles. The Balaban J connectivity index is 1.87. The van der Waals surface area contributed by atoms with Crippen molar-refractivity contribution in [1.82, 2.24) is 5.32 Å². The molecule has 2 N–H and O–H groups in total. The van der Waals surface area contributed by atoms with Gasteiger partial charge in [0.15, 0.2) is 0 Å². The Labute approximate surface area is 115 Å². The van der Waals surface area contributed by atoms with Crippen molar-refractivity contribution in [2.45, 2.75) is 51.5 Å². The van der Waals surface area contributed by atoms with Gasteiger partial charge in [-0.25, -0.2) is 0 Å². The quantitative estimate of drug-likeness (QED) is 0.849. The van der Waals surface area contributed by atoms with E-state index in [1.165, 1.54) is 19.3 Å². The average Bonchev–Trinajstić information content (AvgIpc) is 2.46. The smallest absolute Gasteiger partial charge is 0.251 e. The molecule has 1 aliphatic carbocycles. The molecule has 0 unspecified atom stereocenters. The molecule has 1 saturated carbocycles. The van der Waals surface area contributed by atoms with Crippen LogP contribution in [0.15, 0.2) is 24.3 Å². The zero-order valence-electron chi connectivity index (χ0n) is 11.7. The third kappa shape index (κ3) is 4.27. The van der Waals surface area contributed by atoms with E-state index in [4.69, 9.17) is 0 Å². The van der Waals surface area contributed by atoms with E-state index in [0.717, 1.165) is 37.1 Å². The van der Waals surface area contributed by atoms with Gasteiger partial charge in [0.1, 0.15) is 0 Å². The van der Waals surface area contributed by atoms with Crippen LogP contribution in [0.5, 0.6) is 0 Å². The lowest BCUT2D eigenvalue weighted by molar-refractivity contribution is 0.0928. The number of carbonyl (C=O) groups excluding carboxylic acids is 1. The molecular formula is C16H24N2O. The standard InChI is InChI=1S/C16H24N2O/c1-2-12-17-14-10-8-13(9-11-14)16(19)18-15-6-4-3-5-7-15/h8-11,15,17H,2-7,12H2,1H3,(H,18,19). The summed E-state index contributed by atoms with van der Waals surface area (Å²) in [5.74, 6) is 0.0638. The van der Waals surface area contributed by atoms with Gasteiger partial charge in [0.05, 0.1) is 0 Å². The molecule has 2 rings (SSSR count). The van der Waals surface area contributed by atoms with Crippen LogP contribution in [0.3, 0.4) is 0 Å². The molecule has 0 radical (unpaired) electrons. The van der Waals surface area contributed by atoms with E-state index in [2.05, 4.69) is 17.6 Å². The number of benzene rings is 1. The lowest BCUT2D eigenvalue weighted by Crippen LogP contribution is -2.36. The second-order valence-electron chi connectivity index (χ2n) is 5.31. The van der Waals surface area contributed by atoms with Crippen molar-refractivity contribution in [1.29, 1.82) is 0 Å². The maximum Gasteiger partial charge on any atom is 0.251 e. The van der Waals surface area contributed by atoms with E-state index in [1.54, 1.807) is 0 Å². The van der Waals surface area contributed by atoms with Gasteiger partial charge in [-0.2, -0.15) is 0 Å². The summed E-state index contributed by atoms with van der Waals surface area (Å²) in [5.41, 5.74) is 1.84. The Hall–Kier alpha value is -1.51. The molecule has 1 aromatic carbocycles. The molecule has 104 valence electrons. The van der Waals surface area contributed by atoms with Crippen molar-refractivity contribution < 1.29 is 4.79 Å². The van der Waals surface area contributed by atoms with Crippen molar-refractivity contribution in [3.8, 4) is 0 Å². The van der Waals surface area contributed by atoms with E-state index in [-0.39, 0.29) is 5.91 Å². The summed E-state index contributed by atoms with van der Waals surface area (Å²) in [7, 11) is 0. The van der Waals surface area contributed by atoms with Crippen LogP contribution < -0.4 is 10.6 Å². The predicted molar refractivity (Wildman–Crippen MR) is 79.6 cm³/mol. The Bertz CT molecular complexity index is 394. The number of hydrogen-bond donors (Lipinski definition) is 2. The van der Waals surface area contributed by atoms with E-state index < -0.39 is 0 Å². The number of hydrogen-bond acceptors (Lipinski definition) is 2. The summed E-state index contributed by atoms with van der Waals surface area (Å²) in [5, 5.41) is 6.45. The molecule has 0 atom stereocenters. The van der Waals surface area contributed by atoms with Gasteiger partial charge < -0.3 is 10.6 Å². The van der Waals surface area contributed by atoms with Gasteiger partial charge in [-0.1, -0.05) is 26.2 Å². The van der Waals surface area contributed by atoms with Crippen molar-refractivity contribution >= 4 is 11.6 Å². The number of nitrogens with one attached hydrogen (secondary N) is 2. The average molecular weight is 260 g/mol. The minimum absolute atomic E-state index is 0.0638. The van der Waals surface area contributed by atoms with Crippen LogP contribution in [0.25, 0.3) is 0 Å². The molecule has 0 bridgehead atoms. The van der Waals surface area contributed by atoms with E-state index in [1.807, 2.05) is 24.3 Å². The SMILES string of the molecule is CCCNc1ccc(C(=O)NC2CCCCC2)cc1. The van der Waals surface area contributed by atoms with Crippen LogP contribution in [-0.4, -0.2) is 18.5 Å². The molecule has 19 heavy (non-hydrogen) atoms. The van der Waals surface area contributed by atoms with Gasteiger partial charge in [-0.15, -0.1) is 0 Å². The molecule has 1 aromatic rings. The zero-order valence-corrected chi connectivity index (χ0v) is 11.7. The third-order valence-electron chi connectivity index (χ3n) is 3.67. The minimum Gasteiger partial charge on any atom is -0.385 e. The van der Waals surface area contributed by atoms with Crippen molar-refractivity contribution in [2.75, 3.05) is 11.9 Å². The topological polar surface area (TPSA) is 41.1 Å². The highest BCUT2D eigenvalue weighted by Crippen LogP contribution is 2.18. The van der Waals surface area contributed by atoms with Crippen molar-refractivity contribution in [3.63, 3.8) is 0 Å². The summed E-state index contributed by atoms with van der Waals surface area (Å²) in [6.07, 6.45) is 7.15. The lowest BCUT2D eigenvalue weighted by atomic mass is 9.95. The van der Waals surface area contributed by atoms with Crippen LogP contribution in [0.4, 0.5) is 5.69 Å². The number of carbonyl (C=O) groups is 1. The Morgan fingerprint density at radius 3 is 2.47 bits per heavy atom. The first-order valence-electron chi connectivity index (χ1n) is 7.44. The summed E-state index contributed by atoms with van der Waals surface area (Å²) in [4.78, 5) is 12.1. The second-order valence-corrected chi connectivity index (χ2v) is 5.31. The number of rotatable bonds is 5. The van der Waals surface area contributed by atoms with Gasteiger partial charge >= 0.3 is 0 Å². The zero-order chi connectivity index (χ0) is 13.5. The number of amides is 1. The fourth-order valence-electron chi connectivity index (χ4n) is 2.52. The first kappa shape index (κ1) is 13.9. The predicted octanol–water partition coefficient (Wildman–Crippen LogP) is 3.57. The molecule has 0 spiro atoms. The highest BCUT2D eigenvalue weighted by Gasteiger charge is 2.16. The maximum atomic E-state index is 12.1. The molecule has 1 amide bonds. The third-order valence-corrected chi connectivity index (χ3v) is 3.67. The van der Waals surface area contributed by atoms with Gasteiger partial charge in [0.2, 0.25) is 0 Å². The van der Waals surface area contributed by atoms with Crippen LogP contribution in [0.1, 0.15) is 55.8 Å². The van der Waals surface area contributed by atoms with E-state index in [9.17, 15) is 4.79 Å². The van der Waals surface area contributed by atoms with Crippen LogP contribution in [0, 0.1) is 0 Å². The Morgan fingerprint density at radius 1 is 1.16 bits per heavy atom. The van der Waals surface area contributed by atoms with Crippen LogP contribution >= 0.6 is 0 Å². The normalized spacial score (nSPS) is 16.1. The second kappa shape index (κ2) is 7.17. The Morgan fingerprint density at radius 2 is 1.84 bits per heavy atom. The highest BCUT2D eigenvalue weighted by atomic mass is 16.1. The monoisotopic (exact) mass is 260 g/mol. The molecule has 3 heteroatoms. The van der Waals surface area contributed by atoms with Gasteiger partial charge in [0.25, 0.3) is 5.91 Å². The fourth-order valence-corrected chi connectivity index (χ4v) is 2.52. The molecule has 0 aliphatic heterocycles. The van der Waals surface area contributed by atoms with E-state index >= 15 is 0 Å². The van der Waals surface area contributed by atoms with Gasteiger partial charge in [0, 0.05) is 23.8 Å². The first-order valence-corrected chi connectivity index (χ1v) is 7.44. The molecule has 1 fully saturated rings. The minimum atomic E-state index is 0.0638. The van der Waals surface area contributed by atoms with E-state index in [0.29, 0.717) is 6.04 Å². The van der Waals surface area contributed by atoms with Crippen LogP contribution in [-0.2, 0) is 0 Å². The largest absolute Gasteiger partial charge is 0.385 e. The summed E-state index contributed by atoms with van der Waals surface area (Å²) < 4.78 is 0. The van der Waals surface area contributed by atoms with Gasteiger partial charge in [-0.3, -0.25) is 4.79 Å².